The zero-order valence-corrected chi connectivity index (χ0v) is 12.1. The van der Waals surface area contributed by atoms with E-state index in [1.54, 1.807) is 0 Å². The summed E-state index contributed by atoms with van der Waals surface area (Å²) < 4.78 is 0. The van der Waals surface area contributed by atoms with Gasteiger partial charge in [0.1, 0.15) is 16.8 Å². The molecule has 0 bridgehead atoms. The first-order valence-electron chi connectivity index (χ1n) is 6.26. The van der Waals surface area contributed by atoms with Crippen LogP contribution in [-0.4, -0.2) is 34.3 Å². The fourth-order valence-electron chi connectivity index (χ4n) is 2.06. The second-order valence-electron chi connectivity index (χ2n) is 5.93. The fraction of sp³-hybridized carbons (Fsp3) is 0.692. The Balaban J connectivity index is 2.43. The molecule has 2 heterocycles. The summed E-state index contributed by atoms with van der Waals surface area (Å²) >= 11 is 6.20. The first-order chi connectivity index (χ1) is 8.29. The zero-order valence-electron chi connectivity index (χ0n) is 11.4. The maximum absolute atomic E-state index is 9.63. The van der Waals surface area contributed by atoms with Crippen molar-refractivity contribution in [3.05, 3.63) is 16.5 Å². The van der Waals surface area contributed by atoms with Crippen LogP contribution in [0.15, 0.2) is 0 Å². The van der Waals surface area contributed by atoms with Gasteiger partial charge >= 0.3 is 0 Å². The van der Waals surface area contributed by atoms with Crippen LogP contribution >= 0.6 is 11.6 Å². The summed E-state index contributed by atoms with van der Waals surface area (Å²) in [5.74, 6) is 1.60. The number of hydrogen-bond acceptors (Lipinski definition) is 4. The number of aromatic nitrogens is 2. The lowest BCUT2D eigenvalue weighted by molar-refractivity contribution is 0.198. The quantitative estimate of drug-likeness (QED) is 0.795. The number of rotatable bonds is 1. The molecular weight excluding hydrogens is 250 g/mol. The van der Waals surface area contributed by atoms with E-state index in [1.807, 2.05) is 6.92 Å². The molecule has 2 rings (SSSR count). The van der Waals surface area contributed by atoms with Crippen LogP contribution in [0.25, 0.3) is 0 Å². The molecule has 1 saturated heterocycles. The molecule has 18 heavy (non-hydrogen) atoms. The van der Waals surface area contributed by atoms with Gasteiger partial charge in [-0.25, -0.2) is 9.97 Å². The normalized spacial score (nSPS) is 20.6. The molecule has 1 fully saturated rings. The summed E-state index contributed by atoms with van der Waals surface area (Å²) in [7, 11) is 0. The van der Waals surface area contributed by atoms with E-state index in [-0.39, 0.29) is 11.5 Å². The summed E-state index contributed by atoms with van der Waals surface area (Å²) in [5, 5.41) is 10.1. The van der Waals surface area contributed by atoms with Crippen LogP contribution in [0.3, 0.4) is 0 Å². The van der Waals surface area contributed by atoms with Gasteiger partial charge in [-0.2, -0.15) is 0 Å². The van der Waals surface area contributed by atoms with E-state index in [4.69, 9.17) is 11.6 Å². The third-order valence-electron chi connectivity index (χ3n) is 3.19. The molecule has 1 aliphatic heterocycles. The molecule has 1 N–H and O–H groups in total. The van der Waals surface area contributed by atoms with Crippen molar-refractivity contribution < 1.29 is 5.11 Å². The predicted octanol–water partition coefficient (Wildman–Crippen LogP) is 2.31. The third kappa shape index (κ3) is 2.59. The van der Waals surface area contributed by atoms with E-state index in [0.717, 1.165) is 30.2 Å². The van der Waals surface area contributed by atoms with Crippen LogP contribution in [0.5, 0.6) is 0 Å². The van der Waals surface area contributed by atoms with Crippen molar-refractivity contribution in [3.8, 4) is 0 Å². The van der Waals surface area contributed by atoms with Crippen LogP contribution in [-0.2, 0) is 5.41 Å². The second kappa shape index (κ2) is 4.67. The molecule has 1 atom stereocenters. The minimum Gasteiger partial charge on any atom is -0.391 e. The molecule has 0 saturated carbocycles. The highest BCUT2D eigenvalue weighted by Gasteiger charge is 2.26. The Kier molecular flexibility index (Phi) is 3.52. The summed E-state index contributed by atoms with van der Waals surface area (Å²) in [6, 6.07) is 0. The average molecular weight is 270 g/mol. The number of aliphatic hydroxyl groups is 1. The minimum absolute atomic E-state index is 0.134. The fourth-order valence-corrected chi connectivity index (χ4v) is 2.22. The van der Waals surface area contributed by atoms with Gasteiger partial charge in [-0.1, -0.05) is 32.4 Å². The van der Waals surface area contributed by atoms with Crippen molar-refractivity contribution in [1.29, 1.82) is 0 Å². The van der Waals surface area contributed by atoms with Crippen molar-refractivity contribution in [3.63, 3.8) is 0 Å². The number of β-amino-alcohol motifs (C(OH)–C–C–N with tert-alkyl or cyclic N) is 1. The van der Waals surface area contributed by atoms with E-state index in [9.17, 15) is 5.11 Å². The Bertz CT molecular complexity index is 456. The molecule has 0 aliphatic carbocycles. The van der Waals surface area contributed by atoms with Crippen molar-refractivity contribution in [2.45, 2.75) is 45.6 Å². The number of halogens is 1. The van der Waals surface area contributed by atoms with Crippen molar-refractivity contribution in [2.75, 3.05) is 18.0 Å². The van der Waals surface area contributed by atoms with Gasteiger partial charge in [-0.3, -0.25) is 0 Å². The Morgan fingerprint density at radius 2 is 2.00 bits per heavy atom. The molecule has 0 spiro atoms. The second-order valence-corrected chi connectivity index (χ2v) is 6.28. The van der Waals surface area contributed by atoms with Crippen LogP contribution in [0, 0.1) is 6.92 Å². The molecule has 0 radical (unpaired) electrons. The molecule has 100 valence electrons. The summed E-state index contributed by atoms with van der Waals surface area (Å²) in [4.78, 5) is 11.1. The molecule has 0 amide bonds. The van der Waals surface area contributed by atoms with Crippen molar-refractivity contribution in [2.24, 2.45) is 0 Å². The molecule has 5 heteroatoms. The molecular formula is C13H20ClN3O. The van der Waals surface area contributed by atoms with Gasteiger partial charge < -0.3 is 10.0 Å². The topological polar surface area (TPSA) is 49.2 Å². The summed E-state index contributed by atoms with van der Waals surface area (Å²) in [5.41, 5.74) is 0.753. The lowest BCUT2D eigenvalue weighted by Gasteiger charge is -2.23. The SMILES string of the molecule is Cc1c(Cl)nc(C(C)(C)C)nc1N1CCC(O)C1. The van der Waals surface area contributed by atoms with Gasteiger partial charge in [0.2, 0.25) is 0 Å². The maximum atomic E-state index is 9.63. The van der Waals surface area contributed by atoms with Crippen molar-refractivity contribution >= 4 is 17.4 Å². The smallest absolute Gasteiger partial charge is 0.137 e. The monoisotopic (exact) mass is 269 g/mol. The van der Waals surface area contributed by atoms with E-state index in [1.165, 1.54) is 0 Å². The Hall–Kier alpha value is -0.870. The van der Waals surface area contributed by atoms with Gasteiger partial charge in [0.25, 0.3) is 0 Å². The standard InChI is InChI=1S/C13H20ClN3O/c1-8-10(14)15-12(13(2,3)4)16-11(8)17-6-5-9(18)7-17/h9,18H,5-7H2,1-4H3. The van der Waals surface area contributed by atoms with Crippen LogP contribution in [0.1, 0.15) is 38.6 Å². The number of hydrogen-bond donors (Lipinski definition) is 1. The maximum Gasteiger partial charge on any atom is 0.137 e. The molecule has 4 nitrogen and oxygen atoms in total. The van der Waals surface area contributed by atoms with Crippen LogP contribution < -0.4 is 4.90 Å². The van der Waals surface area contributed by atoms with Crippen LogP contribution in [0.2, 0.25) is 5.15 Å². The average Bonchev–Trinajstić information content (AvgIpc) is 2.67. The lowest BCUT2D eigenvalue weighted by atomic mass is 9.95. The summed E-state index contributed by atoms with van der Waals surface area (Å²) in [6.45, 7) is 9.56. The van der Waals surface area contributed by atoms with Gasteiger partial charge in [0, 0.05) is 24.1 Å². The first kappa shape index (κ1) is 13.6. The van der Waals surface area contributed by atoms with Gasteiger partial charge in [-0.15, -0.1) is 0 Å². The Labute approximate surface area is 113 Å². The van der Waals surface area contributed by atoms with E-state index >= 15 is 0 Å². The molecule has 1 aromatic rings. The third-order valence-corrected chi connectivity index (χ3v) is 3.56. The summed E-state index contributed by atoms with van der Waals surface area (Å²) in [6.07, 6.45) is 0.516. The number of aliphatic hydroxyl groups excluding tert-OH is 1. The van der Waals surface area contributed by atoms with Crippen molar-refractivity contribution in [1.82, 2.24) is 9.97 Å². The lowest BCUT2D eigenvalue weighted by Crippen LogP contribution is -2.26. The minimum atomic E-state index is -0.267. The highest BCUT2D eigenvalue weighted by atomic mass is 35.5. The number of anilines is 1. The van der Waals surface area contributed by atoms with E-state index < -0.39 is 0 Å². The van der Waals surface area contributed by atoms with Gasteiger partial charge in [0.05, 0.1) is 6.10 Å². The molecule has 1 aliphatic rings. The van der Waals surface area contributed by atoms with Gasteiger partial charge in [-0.05, 0) is 13.3 Å². The Morgan fingerprint density at radius 3 is 2.50 bits per heavy atom. The highest BCUT2D eigenvalue weighted by Crippen LogP contribution is 2.29. The predicted molar refractivity (Wildman–Crippen MR) is 73.3 cm³/mol. The van der Waals surface area contributed by atoms with Crippen LogP contribution in [0.4, 0.5) is 5.82 Å². The molecule has 1 unspecified atom stereocenters. The largest absolute Gasteiger partial charge is 0.391 e. The first-order valence-corrected chi connectivity index (χ1v) is 6.64. The van der Waals surface area contributed by atoms with Gasteiger partial charge in [0.15, 0.2) is 0 Å². The Morgan fingerprint density at radius 1 is 1.33 bits per heavy atom. The molecule has 1 aromatic heterocycles. The molecule has 0 aromatic carbocycles. The number of nitrogens with zero attached hydrogens (tertiary/aromatic N) is 3. The van der Waals surface area contributed by atoms with E-state index in [0.29, 0.717) is 11.7 Å². The highest BCUT2D eigenvalue weighted by molar-refractivity contribution is 6.30. The zero-order chi connectivity index (χ0) is 13.5. The van der Waals surface area contributed by atoms with E-state index in [2.05, 4.69) is 35.6 Å².